The summed E-state index contributed by atoms with van der Waals surface area (Å²) in [4.78, 5) is 0. The molecule has 0 bridgehead atoms. The standard InChI is InChI=1S/C12H17N/c1-13-9-8-10-2-4-11(5-3-10)12-6-7-12/h2-5,12-13H,6-9H2,1H3. The lowest BCUT2D eigenvalue weighted by molar-refractivity contribution is 0.791. The van der Waals surface area contributed by atoms with Gasteiger partial charge in [0.1, 0.15) is 0 Å². The SMILES string of the molecule is CNCCc1ccc(C2CC2)cc1. The highest BCUT2D eigenvalue weighted by atomic mass is 14.8. The van der Waals surface area contributed by atoms with Gasteiger partial charge in [0.15, 0.2) is 0 Å². The van der Waals surface area contributed by atoms with Crippen molar-refractivity contribution in [1.29, 1.82) is 0 Å². The summed E-state index contributed by atoms with van der Waals surface area (Å²) >= 11 is 0. The van der Waals surface area contributed by atoms with E-state index in [4.69, 9.17) is 0 Å². The zero-order chi connectivity index (χ0) is 9.10. The minimum atomic E-state index is 0.887. The van der Waals surface area contributed by atoms with Crippen molar-refractivity contribution in [3.63, 3.8) is 0 Å². The van der Waals surface area contributed by atoms with E-state index in [9.17, 15) is 0 Å². The molecule has 13 heavy (non-hydrogen) atoms. The summed E-state index contributed by atoms with van der Waals surface area (Å²) in [5.74, 6) is 0.887. The van der Waals surface area contributed by atoms with Gasteiger partial charge in [-0.1, -0.05) is 24.3 Å². The van der Waals surface area contributed by atoms with Crippen LogP contribution >= 0.6 is 0 Å². The van der Waals surface area contributed by atoms with E-state index in [1.54, 1.807) is 0 Å². The van der Waals surface area contributed by atoms with Crippen molar-refractivity contribution >= 4 is 0 Å². The molecule has 2 rings (SSSR count). The molecule has 1 heteroatoms. The molecule has 0 aromatic heterocycles. The van der Waals surface area contributed by atoms with Crippen LogP contribution in [0.25, 0.3) is 0 Å². The summed E-state index contributed by atoms with van der Waals surface area (Å²) in [6.45, 7) is 1.07. The molecule has 0 saturated heterocycles. The smallest absolute Gasteiger partial charge is 0.00114 e. The van der Waals surface area contributed by atoms with Gasteiger partial charge in [-0.15, -0.1) is 0 Å². The topological polar surface area (TPSA) is 12.0 Å². The molecule has 70 valence electrons. The van der Waals surface area contributed by atoms with Crippen molar-refractivity contribution < 1.29 is 0 Å². The van der Waals surface area contributed by atoms with Gasteiger partial charge < -0.3 is 5.32 Å². The molecule has 1 aliphatic rings. The second-order valence-electron chi connectivity index (χ2n) is 3.87. The third kappa shape index (κ3) is 2.31. The highest BCUT2D eigenvalue weighted by Gasteiger charge is 2.22. The summed E-state index contributed by atoms with van der Waals surface area (Å²) in [7, 11) is 2.00. The van der Waals surface area contributed by atoms with Crippen LogP contribution in [0.1, 0.15) is 29.9 Å². The van der Waals surface area contributed by atoms with Crippen LogP contribution in [0.4, 0.5) is 0 Å². The highest BCUT2D eigenvalue weighted by molar-refractivity contribution is 5.28. The van der Waals surface area contributed by atoms with Crippen LogP contribution in [0.2, 0.25) is 0 Å². The van der Waals surface area contributed by atoms with Gasteiger partial charge in [0.25, 0.3) is 0 Å². The largest absolute Gasteiger partial charge is 0.319 e. The van der Waals surface area contributed by atoms with E-state index in [1.807, 2.05) is 7.05 Å². The van der Waals surface area contributed by atoms with Gasteiger partial charge in [0.2, 0.25) is 0 Å². The first kappa shape index (κ1) is 8.76. The van der Waals surface area contributed by atoms with Gasteiger partial charge in [-0.05, 0) is 49.9 Å². The number of hydrogen-bond acceptors (Lipinski definition) is 1. The van der Waals surface area contributed by atoms with Gasteiger partial charge in [-0.3, -0.25) is 0 Å². The molecule has 0 radical (unpaired) electrons. The molecule has 0 spiro atoms. The fourth-order valence-corrected chi connectivity index (χ4v) is 1.64. The zero-order valence-electron chi connectivity index (χ0n) is 8.22. The molecule has 1 saturated carbocycles. The third-order valence-electron chi connectivity index (χ3n) is 2.69. The van der Waals surface area contributed by atoms with Crippen molar-refractivity contribution in [1.82, 2.24) is 5.32 Å². The van der Waals surface area contributed by atoms with Gasteiger partial charge in [-0.2, -0.15) is 0 Å². The number of likely N-dealkylation sites (N-methyl/N-ethyl adjacent to an activating group) is 1. The average Bonchev–Trinajstić information content (AvgIpc) is 2.99. The Bertz CT molecular complexity index is 259. The maximum absolute atomic E-state index is 3.17. The van der Waals surface area contributed by atoms with Gasteiger partial charge in [0, 0.05) is 0 Å². The second kappa shape index (κ2) is 3.93. The number of benzene rings is 1. The van der Waals surface area contributed by atoms with E-state index in [-0.39, 0.29) is 0 Å². The Morgan fingerprint density at radius 2 is 1.92 bits per heavy atom. The van der Waals surface area contributed by atoms with Crippen LogP contribution in [0, 0.1) is 0 Å². The molecule has 0 amide bonds. The van der Waals surface area contributed by atoms with Crippen LogP contribution in [0.15, 0.2) is 24.3 Å². The van der Waals surface area contributed by atoms with Crippen molar-refractivity contribution in [3.8, 4) is 0 Å². The first-order valence-corrected chi connectivity index (χ1v) is 5.13. The molecule has 0 unspecified atom stereocenters. The van der Waals surface area contributed by atoms with Crippen LogP contribution in [0.3, 0.4) is 0 Å². The zero-order valence-corrected chi connectivity index (χ0v) is 8.22. The Morgan fingerprint density at radius 3 is 2.46 bits per heavy atom. The summed E-state index contributed by atoms with van der Waals surface area (Å²) < 4.78 is 0. The molecule has 1 aromatic carbocycles. The molecule has 1 aliphatic carbocycles. The summed E-state index contributed by atoms with van der Waals surface area (Å²) in [5, 5.41) is 3.17. The van der Waals surface area contributed by atoms with E-state index in [1.165, 1.54) is 24.0 Å². The summed E-state index contributed by atoms with van der Waals surface area (Å²) in [5.41, 5.74) is 2.98. The van der Waals surface area contributed by atoms with Gasteiger partial charge in [-0.25, -0.2) is 0 Å². The van der Waals surface area contributed by atoms with Gasteiger partial charge in [0.05, 0.1) is 0 Å². The molecule has 1 N–H and O–H groups in total. The number of nitrogens with one attached hydrogen (secondary N) is 1. The third-order valence-corrected chi connectivity index (χ3v) is 2.69. The molecule has 0 aliphatic heterocycles. The Morgan fingerprint density at radius 1 is 1.23 bits per heavy atom. The first-order chi connectivity index (χ1) is 6.40. The lowest BCUT2D eigenvalue weighted by Crippen LogP contribution is -2.10. The minimum absolute atomic E-state index is 0.887. The lowest BCUT2D eigenvalue weighted by Gasteiger charge is -2.02. The maximum atomic E-state index is 3.17. The Labute approximate surface area is 80.2 Å². The quantitative estimate of drug-likeness (QED) is 0.740. The van der Waals surface area contributed by atoms with E-state index in [0.717, 1.165) is 18.9 Å². The van der Waals surface area contributed by atoms with Gasteiger partial charge >= 0.3 is 0 Å². The monoisotopic (exact) mass is 175 g/mol. The van der Waals surface area contributed by atoms with Crippen molar-refractivity contribution in [2.45, 2.75) is 25.2 Å². The molecular weight excluding hydrogens is 158 g/mol. The fourth-order valence-electron chi connectivity index (χ4n) is 1.64. The predicted molar refractivity (Wildman–Crippen MR) is 56.0 cm³/mol. The fraction of sp³-hybridized carbons (Fsp3) is 0.500. The number of rotatable bonds is 4. The Balaban J connectivity index is 1.96. The van der Waals surface area contributed by atoms with E-state index in [0.29, 0.717) is 0 Å². The van der Waals surface area contributed by atoms with Crippen LogP contribution < -0.4 is 5.32 Å². The van der Waals surface area contributed by atoms with E-state index in [2.05, 4.69) is 29.6 Å². The van der Waals surface area contributed by atoms with Crippen LogP contribution in [-0.2, 0) is 6.42 Å². The normalized spacial score (nSPS) is 16.1. The van der Waals surface area contributed by atoms with Crippen LogP contribution in [-0.4, -0.2) is 13.6 Å². The van der Waals surface area contributed by atoms with Crippen molar-refractivity contribution in [3.05, 3.63) is 35.4 Å². The highest BCUT2D eigenvalue weighted by Crippen LogP contribution is 2.39. The number of hydrogen-bond donors (Lipinski definition) is 1. The first-order valence-electron chi connectivity index (χ1n) is 5.13. The molecule has 0 atom stereocenters. The Kier molecular flexibility index (Phi) is 2.65. The molecular formula is C12H17N. The summed E-state index contributed by atoms with van der Waals surface area (Å²) in [6.07, 6.45) is 3.94. The molecule has 1 nitrogen and oxygen atoms in total. The predicted octanol–water partition coefficient (Wildman–Crippen LogP) is 2.33. The second-order valence-corrected chi connectivity index (χ2v) is 3.87. The molecule has 0 heterocycles. The van der Waals surface area contributed by atoms with Crippen LogP contribution in [0.5, 0.6) is 0 Å². The summed E-state index contributed by atoms with van der Waals surface area (Å²) in [6, 6.07) is 9.13. The average molecular weight is 175 g/mol. The van der Waals surface area contributed by atoms with Crippen molar-refractivity contribution in [2.75, 3.05) is 13.6 Å². The maximum Gasteiger partial charge on any atom is -0.00114 e. The minimum Gasteiger partial charge on any atom is -0.319 e. The van der Waals surface area contributed by atoms with E-state index < -0.39 is 0 Å². The van der Waals surface area contributed by atoms with E-state index >= 15 is 0 Å². The lowest BCUT2D eigenvalue weighted by atomic mass is 10.1. The molecule has 1 aromatic rings. The Hall–Kier alpha value is -0.820. The van der Waals surface area contributed by atoms with Crippen molar-refractivity contribution in [2.24, 2.45) is 0 Å². The molecule has 1 fully saturated rings.